The Morgan fingerprint density at radius 1 is 1.13 bits per heavy atom. The smallest absolute Gasteiger partial charge is 0.407 e. The molecule has 0 bridgehead atoms. The second-order valence-corrected chi connectivity index (χ2v) is 4.94. The first-order valence-corrected chi connectivity index (χ1v) is 7.02. The van der Waals surface area contributed by atoms with E-state index in [9.17, 15) is 18.3 Å². The summed E-state index contributed by atoms with van der Waals surface area (Å²) in [7, 11) is 4.19. The number of hydrogen-bond donors (Lipinski definition) is 2. The Kier molecular flexibility index (Phi) is 7.60. The van der Waals surface area contributed by atoms with E-state index in [1.54, 1.807) is 0 Å². The van der Waals surface area contributed by atoms with Gasteiger partial charge in [-0.1, -0.05) is 6.07 Å². The summed E-state index contributed by atoms with van der Waals surface area (Å²) in [6.45, 7) is 0.0672. The van der Waals surface area contributed by atoms with Crippen molar-refractivity contribution < 1.29 is 32.5 Å². The van der Waals surface area contributed by atoms with Gasteiger partial charge in [0.15, 0.2) is 11.5 Å². The van der Waals surface area contributed by atoms with Gasteiger partial charge in [-0.2, -0.15) is 13.2 Å². The van der Waals surface area contributed by atoms with Crippen molar-refractivity contribution in [1.82, 2.24) is 5.32 Å². The van der Waals surface area contributed by atoms with Gasteiger partial charge in [0.05, 0.1) is 26.9 Å². The van der Waals surface area contributed by atoms with Crippen LogP contribution in [0.4, 0.5) is 13.2 Å². The molecule has 0 aromatic heterocycles. The van der Waals surface area contributed by atoms with E-state index < -0.39 is 18.3 Å². The summed E-state index contributed by atoms with van der Waals surface area (Å²) in [5, 5.41) is 11.9. The minimum Gasteiger partial charge on any atom is -0.493 e. The highest BCUT2D eigenvalue weighted by molar-refractivity contribution is 5.44. The van der Waals surface area contributed by atoms with Crippen LogP contribution >= 0.6 is 0 Å². The summed E-state index contributed by atoms with van der Waals surface area (Å²) in [5.74, 6) is 0.577. The zero-order valence-corrected chi connectivity index (χ0v) is 13.3. The summed E-state index contributed by atoms with van der Waals surface area (Å²) in [6, 6.07) is 2.18. The van der Waals surface area contributed by atoms with E-state index in [0.717, 1.165) is 0 Å². The first-order chi connectivity index (χ1) is 10.8. The van der Waals surface area contributed by atoms with Crippen LogP contribution in [0.15, 0.2) is 18.2 Å². The molecule has 8 heteroatoms. The van der Waals surface area contributed by atoms with Crippen LogP contribution in [0.5, 0.6) is 11.5 Å². The SMILES string of the molecule is COCC(O)CCNC(c1ccc(OC)c(OC)c1)C(F)(F)F. The van der Waals surface area contributed by atoms with Crippen LogP contribution in [0.3, 0.4) is 0 Å². The molecule has 1 aromatic carbocycles. The Hall–Kier alpha value is -1.51. The molecule has 2 unspecified atom stereocenters. The lowest BCUT2D eigenvalue weighted by atomic mass is 10.1. The molecule has 132 valence electrons. The molecule has 0 saturated carbocycles. The fourth-order valence-corrected chi connectivity index (χ4v) is 2.12. The quantitative estimate of drug-likeness (QED) is 0.724. The Balaban J connectivity index is 2.86. The summed E-state index contributed by atoms with van der Waals surface area (Å²) in [5.41, 5.74) is 0.0105. The number of benzene rings is 1. The maximum Gasteiger partial charge on any atom is 0.407 e. The summed E-state index contributed by atoms with van der Waals surface area (Å²) >= 11 is 0. The van der Waals surface area contributed by atoms with E-state index >= 15 is 0 Å². The number of methoxy groups -OCH3 is 3. The average molecular weight is 337 g/mol. The number of rotatable bonds is 9. The predicted molar refractivity (Wildman–Crippen MR) is 78.8 cm³/mol. The number of ether oxygens (including phenoxy) is 3. The number of alkyl halides is 3. The van der Waals surface area contributed by atoms with Gasteiger partial charge in [-0.15, -0.1) is 0 Å². The lowest BCUT2D eigenvalue weighted by Crippen LogP contribution is -2.36. The zero-order chi connectivity index (χ0) is 17.5. The van der Waals surface area contributed by atoms with Gasteiger partial charge in [0, 0.05) is 7.11 Å². The van der Waals surface area contributed by atoms with Crippen LogP contribution in [-0.4, -0.2) is 51.9 Å². The van der Waals surface area contributed by atoms with Crippen molar-refractivity contribution in [3.63, 3.8) is 0 Å². The molecule has 0 heterocycles. The highest BCUT2D eigenvalue weighted by Crippen LogP contribution is 2.37. The molecule has 1 rings (SSSR count). The van der Waals surface area contributed by atoms with Crippen molar-refractivity contribution in [2.24, 2.45) is 0 Å². The normalized spacial score (nSPS) is 14.4. The van der Waals surface area contributed by atoms with Crippen LogP contribution in [0.2, 0.25) is 0 Å². The van der Waals surface area contributed by atoms with Crippen LogP contribution in [0.1, 0.15) is 18.0 Å². The average Bonchev–Trinajstić information content (AvgIpc) is 2.50. The van der Waals surface area contributed by atoms with Gasteiger partial charge in [0.2, 0.25) is 0 Å². The van der Waals surface area contributed by atoms with Crippen molar-refractivity contribution in [2.45, 2.75) is 24.7 Å². The Labute approximate surface area is 133 Å². The van der Waals surface area contributed by atoms with Gasteiger partial charge < -0.3 is 24.6 Å². The highest BCUT2D eigenvalue weighted by atomic mass is 19.4. The van der Waals surface area contributed by atoms with E-state index in [-0.39, 0.29) is 30.9 Å². The summed E-state index contributed by atoms with van der Waals surface area (Å²) in [4.78, 5) is 0. The number of hydrogen-bond acceptors (Lipinski definition) is 5. The third-order valence-electron chi connectivity index (χ3n) is 3.25. The number of halogens is 3. The molecule has 2 N–H and O–H groups in total. The zero-order valence-electron chi connectivity index (χ0n) is 13.3. The molecule has 23 heavy (non-hydrogen) atoms. The molecule has 0 spiro atoms. The molecule has 0 aliphatic carbocycles. The molecular weight excluding hydrogens is 315 g/mol. The first-order valence-electron chi connectivity index (χ1n) is 7.02. The second kappa shape index (κ2) is 8.95. The van der Waals surface area contributed by atoms with E-state index in [1.165, 1.54) is 39.5 Å². The third-order valence-corrected chi connectivity index (χ3v) is 3.25. The van der Waals surface area contributed by atoms with Crippen molar-refractivity contribution in [3.8, 4) is 11.5 Å². The van der Waals surface area contributed by atoms with Gasteiger partial charge in [-0.05, 0) is 30.7 Å². The number of nitrogens with one attached hydrogen (secondary N) is 1. The monoisotopic (exact) mass is 337 g/mol. The van der Waals surface area contributed by atoms with Crippen LogP contribution in [0, 0.1) is 0 Å². The van der Waals surface area contributed by atoms with E-state index in [2.05, 4.69) is 5.32 Å². The van der Waals surface area contributed by atoms with Gasteiger partial charge >= 0.3 is 6.18 Å². The highest BCUT2D eigenvalue weighted by Gasteiger charge is 2.40. The van der Waals surface area contributed by atoms with Crippen molar-refractivity contribution >= 4 is 0 Å². The van der Waals surface area contributed by atoms with Gasteiger partial charge in [-0.25, -0.2) is 0 Å². The van der Waals surface area contributed by atoms with Crippen LogP contribution < -0.4 is 14.8 Å². The topological polar surface area (TPSA) is 60.0 Å². The van der Waals surface area contributed by atoms with Crippen molar-refractivity contribution in [1.29, 1.82) is 0 Å². The molecular formula is C15H22F3NO4. The molecule has 0 saturated heterocycles. The van der Waals surface area contributed by atoms with Crippen molar-refractivity contribution in [3.05, 3.63) is 23.8 Å². The lowest BCUT2D eigenvalue weighted by Gasteiger charge is -2.23. The van der Waals surface area contributed by atoms with E-state index in [0.29, 0.717) is 5.75 Å². The molecule has 5 nitrogen and oxygen atoms in total. The molecule has 0 amide bonds. The minimum absolute atomic E-state index is 0.0105. The lowest BCUT2D eigenvalue weighted by molar-refractivity contribution is -0.158. The van der Waals surface area contributed by atoms with Crippen molar-refractivity contribution in [2.75, 3.05) is 34.5 Å². The largest absolute Gasteiger partial charge is 0.493 e. The fraction of sp³-hybridized carbons (Fsp3) is 0.600. The van der Waals surface area contributed by atoms with E-state index in [4.69, 9.17) is 14.2 Å². The molecule has 0 fully saturated rings. The Bertz CT molecular complexity index is 482. The molecule has 0 aliphatic rings. The van der Waals surface area contributed by atoms with Crippen LogP contribution in [0.25, 0.3) is 0 Å². The van der Waals surface area contributed by atoms with E-state index in [1.807, 2.05) is 0 Å². The first kappa shape index (κ1) is 19.5. The van der Waals surface area contributed by atoms with Crippen LogP contribution in [-0.2, 0) is 4.74 Å². The third kappa shape index (κ3) is 5.89. The maximum absolute atomic E-state index is 13.3. The fourth-order valence-electron chi connectivity index (χ4n) is 2.12. The molecule has 2 atom stereocenters. The second-order valence-electron chi connectivity index (χ2n) is 4.94. The molecule has 0 radical (unpaired) electrons. The Morgan fingerprint density at radius 3 is 2.30 bits per heavy atom. The standard InChI is InChI=1S/C15H22F3NO4/c1-21-9-11(20)6-7-19-14(15(16,17)18)10-4-5-12(22-2)13(8-10)23-3/h4-5,8,11,14,19-20H,6-7,9H2,1-3H3. The predicted octanol–water partition coefficient (Wildman–Crippen LogP) is 2.29. The summed E-state index contributed by atoms with van der Waals surface area (Å²) < 4.78 is 54.6. The maximum atomic E-state index is 13.3. The Morgan fingerprint density at radius 2 is 1.78 bits per heavy atom. The summed E-state index contributed by atoms with van der Waals surface area (Å²) in [6.07, 6.45) is -5.15. The molecule has 0 aliphatic heterocycles. The van der Waals surface area contributed by atoms with Gasteiger partial charge in [-0.3, -0.25) is 0 Å². The minimum atomic E-state index is -4.48. The van der Waals surface area contributed by atoms with Gasteiger partial charge in [0.25, 0.3) is 0 Å². The van der Waals surface area contributed by atoms with Gasteiger partial charge in [0.1, 0.15) is 6.04 Å². The number of aliphatic hydroxyl groups is 1. The molecule has 1 aromatic rings. The number of aliphatic hydroxyl groups excluding tert-OH is 1.